The minimum atomic E-state index is -3.21. The molecule has 84 valence electrons. The van der Waals surface area contributed by atoms with Crippen molar-refractivity contribution < 1.29 is 8.42 Å². The zero-order valence-electron chi connectivity index (χ0n) is 9.83. The summed E-state index contributed by atoms with van der Waals surface area (Å²) in [6.45, 7) is 8.00. The molecule has 1 rings (SSSR count). The van der Waals surface area contributed by atoms with E-state index in [1.165, 1.54) is 6.26 Å². The van der Waals surface area contributed by atoms with E-state index in [0.29, 0.717) is 5.56 Å². The highest BCUT2D eigenvalue weighted by atomic mass is 32.2. The van der Waals surface area contributed by atoms with Gasteiger partial charge in [-0.15, -0.1) is 0 Å². The Labute approximate surface area is 91.5 Å². The number of pyridine rings is 1. The summed E-state index contributed by atoms with van der Waals surface area (Å²) in [5.41, 5.74) is 1.76. The monoisotopic (exact) mass is 227 g/mol. The average molecular weight is 227 g/mol. The van der Waals surface area contributed by atoms with Crippen molar-refractivity contribution in [2.45, 2.75) is 38.1 Å². The van der Waals surface area contributed by atoms with E-state index in [4.69, 9.17) is 0 Å². The van der Waals surface area contributed by atoms with Crippen LogP contribution in [0.5, 0.6) is 0 Å². The second kappa shape index (κ2) is 3.59. The highest BCUT2D eigenvalue weighted by Crippen LogP contribution is 2.24. The molecule has 4 heteroatoms. The summed E-state index contributed by atoms with van der Waals surface area (Å²) in [5.74, 6) is 0. The maximum Gasteiger partial charge on any atom is 0.193 e. The summed E-state index contributed by atoms with van der Waals surface area (Å²) in [4.78, 5) is 4.03. The highest BCUT2D eigenvalue weighted by Gasteiger charge is 2.18. The Morgan fingerprint density at radius 2 is 1.80 bits per heavy atom. The number of hydrogen-bond donors (Lipinski definition) is 0. The van der Waals surface area contributed by atoms with Gasteiger partial charge in [0, 0.05) is 12.5 Å². The average Bonchev–Trinajstić information content (AvgIpc) is 1.99. The summed E-state index contributed by atoms with van der Waals surface area (Å²) in [7, 11) is -3.21. The molecule has 1 aromatic heterocycles. The van der Waals surface area contributed by atoms with Gasteiger partial charge >= 0.3 is 0 Å². The highest BCUT2D eigenvalue weighted by molar-refractivity contribution is 7.90. The van der Waals surface area contributed by atoms with Crippen LogP contribution in [-0.4, -0.2) is 19.7 Å². The number of aryl methyl sites for hydroxylation is 1. The van der Waals surface area contributed by atoms with Crippen LogP contribution in [0.4, 0.5) is 0 Å². The van der Waals surface area contributed by atoms with Gasteiger partial charge in [0.05, 0.1) is 0 Å². The number of aromatic nitrogens is 1. The summed E-state index contributed by atoms with van der Waals surface area (Å²) in [5, 5.41) is 0.176. The quantitative estimate of drug-likeness (QED) is 0.738. The van der Waals surface area contributed by atoms with E-state index in [1.807, 2.05) is 6.07 Å². The molecule has 1 aromatic rings. The van der Waals surface area contributed by atoms with E-state index in [-0.39, 0.29) is 10.4 Å². The SMILES string of the molecule is Cc1cc(C(C)(C)C)cnc1S(C)(=O)=O. The molecule has 15 heavy (non-hydrogen) atoms. The number of nitrogens with zero attached hydrogens (tertiary/aromatic N) is 1. The van der Waals surface area contributed by atoms with Crippen molar-refractivity contribution in [3.63, 3.8) is 0 Å². The summed E-state index contributed by atoms with van der Waals surface area (Å²) < 4.78 is 22.7. The molecule has 0 aromatic carbocycles. The molecular weight excluding hydrogens is 210 g/mol. The fourth-order valence-electron chi connectivity index (χ4n) is 1.36. The smallest absolute Gasteiger partial charge is 0.193 e. The Balaban J connectivity index is 3.34. The van der Waals surface area contributed by atoms with Gasteiger partial charge in [-0.25, -0.2) is 13.4 Å². The minimum Gasteiger partial charge on any atom is -0.244 e. The van der Waals surface area contributed by atoms with Crippen LogP contribution in [0.25, 0.3) is 0 Å². The predicted molar refractivity (Wildman–Crippen MR) is 60.8 cm³/mol. The molecule has 0 spiro atoms. The van der Waals surface area contributed by atoms with Crippen molar-refractivity contribution >= 4 is 9.84 Å². The zero-order chi connectivity index (χ0) is 11.9. The predicted octanol–water partition coefficient (Wildman–Crippen LogP) is 2.09. The van der Waals surface area contributed by atoms with Crippen LogP contribution in [0.3, 0.4) is 0 Å². The lowest BCUT2D eigenvalue weighted by molar-refractivity contribution is 0.579. The second-order valence-corrected chi connectivity index (χ2v) is 6.80. The van der Waals surface area contributed by atoms with Crippen molar-refractivity contribution in [3.05, 3.63) is 23.4 Å². The van der Waals surface area contributed by atoms with Crippen LogP contribution in [0.15, 0.2) is 17.3 Å². The van der Waals surface area contributed by atoms with Crippen LogP contribution in [0.1, 0.15) is 31.9 Å². The minimum absolute atomic E-state index is 0.00616. The fourth-order valence-corrected chi connectivity index (χ4v) is 2.25. The topological polar surface area (TPSA) is 47.0 Å². The molecule has 0 aliphatic heterocycles. The summed E-state index contributed by atoms with van der Waals surface area (Å²) in [6, 6.07) is 1.89. The Morgan fingerprint density at radius 1 is 1.27 bits per heavy atom. The Hall–Kier alpha value is -0.900. The first-order valence-electron chi connectivity index (χ1n) is 4.79. The van der Waals surface area contributed by atoms with Crippen molar-refractivity contribution in [2.75, 3.05) is 6.26 Å². The summed E-state index contributed by atoms with van der Waals surface area (Å²) in [6.07, 6.45) is 2.82. The van der Waals surface area contributed by atoms with Gasteiger partial charge in [0.1, 0.15) is 0 Å². The van der Waals surface area contributed by atoms with Gasteiger partial charge in [-0.05, 0) is 23.5 Å². The third kappa shape index (κ3) is 2.78. The molecule has 0 bridgehead atoms. The molecule has 1 heterocycles. The van der Waals surface area contributed by atoms with Crippen LogP contribution in [-0.2, 0) is 15.3 Å². The number of hydrogen-bond acceptors (Lipinski definition) is 3. The lowest BCUT2D eigenvalue weighted by Gasteiger charge is -2.19. The van der Waals surface area contributed by atoms with E-state index in [0.717, 1.165) is 5.56 Å². The maximum atomic E-state index is 11.4. The fraction of sp³-hybridized carbons (Fsp3) is 0.545. The van der Waals surface area contributed by atoms with Crippen LogP contribution < -0.4 is 0 Å². The second-order valence-electron chi connectivity index (χ2n) is 4.87. The number of rotatable bonds is 1. The largest absolute Gasteiger partial charge is 0.244 e. The lowest BCUT2D eigenvalue weighted by Crippen LogP contribution is -2.13. The van der Waals surface area contributed by atoms with E-state index in [1.54, 1.807) is 13.1 Å². The molecule has 0 radical (unpaired) electrons. The molecule has 0 unspecified atom stereocenters. The first-order valence-corrected chi connectivity index (χ1v) is 6.68. The molecular formula is C11H17NO2S. The van der Waals surface area contributed by atoms with Gasteiger partial charge in [-0.3, -0.25) is 0 Å². The standard InChI is InChI=1S/C11H17NO2S/c1-8-6-9(11(2,3)4)7-12-10(8)15(5,13)14/h6-7H,1-5H3. The number of sulfone groups is 1. The maximum absolute atomic E-state index is 11.4. The van der Waals surface area contributed by atoms with Crippen molar-refractivity contribution in [2.24, 2.45) is 0 Å². The Morgan fingerprint density at radius 3 is 2.13 bits per heavy atom. The third-order valence-electron chi connectivity index (χ3n) is 2.25. The van der Waals surface area contributed by atoms with Gasteiger partial charge in [0.25, 0.3) is 0 Å². The Bertz CT molecular complexity index is 470. The van der Waals surface area contributed by atoms with E-state index < -0.39 is 9.84 Å². The molecule has 3 nitrogen and oxygen atoms in total. The molecule has 0 saturated carbocycles. The molecule has 0 atom stereocenters. The van der Waals surface area contributed by atoms with Gasteiger partial charge in [-0.2, -0.15) is 0 Å². The molecule has 0 aliphatic carbocycles. The van der Waals surface area contributed by atoms with Crippen LogP contribution in [0.2, 0.25) is 0 Å². The van der Waals surface area contributed by atoms with E-state index in [9.17, 15) is 8.42 Å². The summed E-state index contributed by atoms with van der Waals surface area (Å²) >= 11 is 0. The normalized spacial score (nSPS) is 12.9. The van der Waals surface area contributed by atoms with Crippen LogP contribution >= 0.6 is 0 Å². The van der Waals surface area contributed by atoms with E-state index >= 15 is 0 Å². The van der Waals surface area contributed by atoms with Crippen molar-refractivity contribution in [1.29, 1.82) is 0 Å². The van der Waals surface area contributed by atoms with E-state index in [2.05, 4.69) is 25.8 Å². The Kier molecular flexibility index (Phi) is 2.92. The molecule has 0 saturated heterocycles. The van der Waals surface area contributed by atoms with Crippen molar-refractivity contribution in [1.82, 2.24) is 4.98 Å². The molecule has 0 amide bonds. The molecule has 0 N–H and O–H groups in total. The first kappa shape index (κ1) is 12.2. The molecule has 0 fully saturated rings. The van der Waals surface area contributed by atoms with Gasteiger partial charge in [0.15, 0.2) is 14.9 Å². The van der Waals surface area contributed by atoms with Crippen LogP contribution in [0, 0.1) is 6.92 Å². The van der Waals surface area contributed by atoms with Gasteiger partial charge < -0.3 is 0 Å². The zero-order valence-corrected chi connectivity index (χ0v) is 10.6. The lowest BCUT2D eigenvalue weighted by atomic mass is 9.88. The third-order valence-corrected chi connectivity index (χ3v) is 3.38. The van der Waals surface area contributed by atoms with Gasteiger partial charge in [-0.1, -0.05) is 26.8 Å². The van der Waals surface area contributed by atoms with Crippen molar-refractivity contribution in [3.8, 4) is 0 Å². The molecule has 0 aliphatic rings. The van der Waals surface area contributed by atoms with Gasteiger partial charge in [0.2, 0.25) is 0 Å². The first-order chi connectivity index (χ1) is 6.62.